The van der Waals surface area contributed by atoms with E-state index in [1.54, 1.807) is 0 Å². The molecule has 2 rings (SSSR count). The summed E-state index contributed by atoms with van der Waals surface area (Å²) in [6.45, 7) is 4.21. The molecular formula is C14H19N5O3S. The number of rotatable bonds is 7. The Kier molecular flexibility index (Phi) is 5.80. The van der Waals surface area contributed by atoms with Gasteiger partial charge in [-0.2, -0.15) is 9.97 Å². The van der Waals surface area contributed by atoms with Crippen LogP contribution in [-0.2, 0) is 0 Å². The van der Waals surface area contributed by atoms with E-state index in [4.69, 9.17) is 9.47 Å². The van der Waals surface area contributed by atoms with Gasteiger partial charge in [0.2, 0.25) is 11.0 Å². The second-order valence-corrected chi connectivity index (χ2v) is 5.88. The number of ether oxygens (including phenoxy) is 2. The SMILES string of the molecule is CCCC(C)c1nnc(NC(=O)c2cc(OC)nc(OC)n2)s1. The zero-order valence-electron chi connectivity index (χ0n) is 13.5. The lowest BCUT2D eigenvalue weighted by atomic mass is 10.1. The summed E-state index contributed by atoms with van der Waals surface area (Å²) in [5, 5.41) is 12.1. The quantitative estimate of drug-likeness (QED) is 0.828. The van der Waals surface area contributed by atoms with Crippen molar-refractivity contribution in [2.24, 2.45) is 0 Å². The van der Waals surface area contributed by atoms with Crippen LogP contribution >= 0.6 is 11.3 Å². The minimum atomic E-state index is -0.421. The maximum absolute atomic E-state index is 12.3. The van der Waals surface area contributed by atoms with Crippen LogP contribution in [-0.4, -0.2) is 40.3 Å². The monoisotopic (exact) mass is 337 g/mol. The zero-order chi connectivity index (χ0) is 16.8. The first kappa shape index (κ1) is 17.1. The van der Waals surface area contributed by atoms with Crippen molar-refractivity contribution in [1.82, 2.24) is 20.2 Å². The Hall–Kier alpha value is -2.29. The van der Waals surface area contributed by atoms with Gasteiger partial charge in [0.1, 0.15) is 10.7 Å². The molecule has 9 heteroatoms. The summed E-state index contributed by atoms with van der Waals surface area (Å²) in [5.74, 6) is 0.147. The number of carbonyl (C=O) groups is 1. The number of nitrogens with one attached hydrogen (secondary N) is 1. The lowest BCUT2D eigenvalue weighted by molar-refractivity contribution is 0.102. The first-order valence-electron chi connectivity index (χ1n) is 7.19. The third-order valence-corrected chi connectivity index (χ3v) is 4.18. The minimum absolute atomic E-state index is 0.0593. The van der Waals surface area contributed by atoms with Gasteiger partial charge in [-0.3, -0.25) is 10.1 Å². The third kappa shape index (κ3) is 4.35. The normalized spacial score (nSPS) is 11.8. The molecule has 2 aromatic rings. The molecule has 0 radical (unpaired) electrons. The summed E-state index contributed by atoms with van der Waals surface area (Å²) in [4.78, 5) is 20.2. The van der Waals surface area contributed by atoms with Crippen LogP contribution in [0.2, 0.25) is 0 Å². The van der Waals surface area contributed by atoms with Crippen LogP contribution in [0.5, 0.6) is 11.9 Å². The van der Waals surface area contributed by atoms with Crippen LogP contribution in [0.4, 0.5) is 5.13 Å². The highest BCUT2D eigenvalue weighted by molar-refractivity contribution is 7.15. The predicted octanol–water partition coefficient (Wildman–Crippen LogP) is 2.50. The van der Waals surface area contributed by atoms with Crippen molar-refractivity contribution in [2.75, 3.05) is 19.5 Å². The molecule has 0 saturated carbocycles. The van der Waals surface area contributed by atoms with E-state index < -0.39 is 5.91 Å². The van der Waals surface area contributed by atoms with E-state index in [1.165, 1.54) is 31.6 Å². The molecule has 0 bridgehead atoms. The smallest absolute Gasteiger partial charge is 0.320 e. The standard InChI is InChI=1S/C14H19N5O3S/c1-5-6-8(2)12-18-19-14(23-12)17-11(20)9-7-10(21-3)16-13(15-9)22-4/h7-8H,5-6H2,1-4H3,(H,17,19,20). The Balaban J connectivity index is 2.13. The summed E-state index contributed by atoms with van der Waals surface area (Å²) >= 11 is 1.36. The highest BCUT2D eigenvalue weighted by Gasteiger charge is 2.16. The number of aromatic nitrogens is 4. The van der Waals surface area contributed by atoms with Crippen molar-refractivity contribution in [1.29, 1.82) is 0 Å². The number of carbonyl (C=O) groups excluding carboxylic acids is 1. The first-order valence-corrected chi connectivity index (χ1v) is 8.00. The molecule has 0 saturated heterocycles. The van der Waals surface area contributed by atoms with E-state index >= 15 is 0 Å². The van der Waals surface area contributed by atoms with Crippen molar-refractivity contribution < 1.29 is 14.3 Å². The predicted molar refractivity (Wildman–Crippen MR) is 86.3 cm³/mol. The summed E-state index contributed by atoms with van der Waals surface area (Å²) in [6.07, 6.45) is 2.10. The molecule has 124 valence electrons. The van der Waals surface area contributed by atoms with Gasteiger partial charge >= 0.3 is 6.01 Å². The van der Waals surface area contributed by atoms with Crippen LogP contribution in [0.25, 0.3) is 0 Å². The number of hydrogen-bond donors (Lipinski definition) is 1. The van der Waals surface area contributed by atoms with Crippen LogP contribution in [0.3, 0.4) is 0 Å². The van der Waals surface area contributed by atoms with Crippen molar-refractivity contribution in [3.8, 4) is 11.9 Å². The maximum Gasteiger partial charge on any atom is 0.320 e. The van der Waals surface area contributed by atoms with Gasteiger partial charge in [-0.15, -0.1) is 10.2 Å². The fourth-order valence-electron chi connectivity index (χ4n) is 1.92. The Labute approximate surface area is 138 Å². The van der Waals surface area contributed by atoms with E-state index in [1.807, 2.05) is 0 Å². The molecule has 0 aromatic carbocycles. The molecule has 2 heterocycles. The zero-order valence-corrected chi connectivity index (χ0v) is 14.3. The molecule has 0 aliphatic heterocycles. The van der Waals surface area contributed by atoms with Gasteiger partial charge in [0.25, 0.3) is 5.91 Å². The van der Waals surface area contributed by atoms with E-state index in [9.17, 15) is 4.79 Å². The highest BCUT2D eigenvalue weighted by Crippen LogP contribution is 2.26. The second kappa shape index (κ2) is 7.82. The van der Waals surface area contributed by atoms with Crippen LogP contribution in [0.1, 0.15) is 48.1 Å². The fourth-order valence-corrected chi connectivity index (χ4v) is 2.74. The van der Waals surface area contributed by atoms with Gasteiger partial charge in [0.15, 0.2) is 0 Å². The molecular weight excluding hydrogens is 318 g/mol. The summed E-state index contributed by atoms with van der Waals surface area (Å²) in [6, 6.07) is 1.49. The van der Waals surface area contributed by atoms with Gasteiger partial charge in [-0.05, 0) is 6.42 Å². The lowest BCUT2D eigenvalue weighted by Gasteiger charge is -2.05. The average Bonchev–Trinajstić information content (AvgIpc) is 3.03. The van der Waals surface area contributed by atoms with Crippen LogP contribution in [0, 0.1) is 0 Å². The molecule has 0 fully saturated rings. The van der Waals surface area contributed by atoms with Crippen molar-refractivity contribution in [2.45, 2.75) is 32.6 Å². The van der Waals surface area contributed by atoms with Crippen molar-refractivity contribution >= 4 is 22.4 Å². The number of amides is 1. The highest BCUT2D eigenvalue weighted by atomic mass is 32.1. The number of methoxy groups -OCH3 is 2. The molecule has 23 heavy (non-hydrogen) atoms. The van der Waals surface area contributed by atoms with Gasteiger partial charge in [-0.25, -0.2) is 0 Å². The van der Waals surface area contributed by atoms with Crippen molar-refractivity contribution in [3.05, 3.63) is 16.8 Å². The molecule has 1 amide bonds. The molecule has 0 aliphatic rings. The summed E-state index contributed by atoms with van der Waals surface area (Å²) < 4.78 is 9.98. The fraction of sp³-hybridized carbons (Fsp3) is 0.500. The van der Waals surface area contributed by atoms with Gasteiger partial charge in [-0.1, -0.05) is 31.6 Å². The van der Waals surface area contributed by atoms with E-state index in [0.29, 0.717) is 11.0 Å². The molecule has 0 spiro atoms. The average molecular weight is 337 g/mol. The largest absolute Gasteiger partial charge is 0.481 e. The van der Waals surface area contributed by atoms with E-state index in [0.717, 1.165) is 17.8 Å². The van der Waals surface area contributed by atoms with Crippen LogP contribution in [0.15, 0.2) is 6.07 Å². The topological polar surface area (TPSA) is 99.1 Å². The molecule has 1 unspecified atom stereocenters. The molecule has 8 nitrogen and oxygen atoms in total. The maximum atomic E-state index is 12.3. The Morgan fingerprint density at radius 3 is 2.74 bits per heavy atom. The Bertz CT molecular complexity index is 654. The Morgan fingerprint density at radius 2 is 2.09 bits per heavy atom. The summed E-state index contributed by atoms with van der Waals surface area (Å²) in [5.41, 5.74) is 0.132. The van der Waals surface area contributed by atoms with Gasteiger partial charge in [0, 0.05) is 12.0 Å². The molecule has 2 aromatic heterocycles. The molecule has 1 atom stereocenters. The molecule has 0 aliphatic carbocycles. The van der Waals surface area contributed by atoms with Gasteiger partial charge < -0.3 is 9.47 Å². The molecule has 1 N–H and O–H groups in total. The van der Waals surface area contributed by atoms with E-state index in [-0.39, 0.29) is 17.6 Å². The van der Waals surface area contributed by atoms with Gasteiger partial charge in [0.05, 0.1) is 14.2 Å². The third-order valence-electron chi connectivity index (χ3n) is 3.11. The van der Waals surface area contributed by atoms with Crippen molar-refractivity contribution in [3.63, 3.8) is 0 Å². The second-order valence-electron chi connectivity index (χ2n) is 4.87. The Morgan fingerprint density at radius 1 is 1.30 bits per heavy atom. The van der Waals surface area contributed by atoms with E-state index in [2.05, 4.69) is 39.3 Å². The lowest BCUT2D eigenvalue weighted by Crippen LogP contribution is -2.14. The number of anilines is 1. The van der Waals surface area contributed by atoms with Crippen LogP contribution < -0.4 is 14.8 Å². The summed E-state index contributed by atoms with van der Waals surface area (Å²) in [7, 11) is 2.87. The first-order chi connectivity index (χ1) is 11.1. The minimum Gasteiger partial charge on any atom is -0.481 e. The number of nitrogens with zero attached hydrogens (tertiary/aromatic N) is 4. The number of hydrogen-bond acceptors (Lipinski definition) is 8.